The van der Waals surface area contributed by atoms with Gasteiger partial charge in [0.1, 0.15) is 5.69 Å². The van der Waals surface area contributed by atoms with Crippen molar-refractivity contribution >= 4 is 23.2 Å². The average Bonchev–Trinajstić information content (AvgIpc) is 3.09. The van der Waals surface area contributed by atoms with E-state index in [-0.39, 0.29) is 42.1 Å². The van der Waals surface area contributed by atoms with Gasteiger partial charge < -0.3 is 10.2 Å². The number of nitrogens with zero attached hydrogens (tertiary/aromatic N) is 4. The highest BCUT2D eigenvalue weighted by molar-refractivity contribution is 6.06. The summed E-state index contributed by atoms with van der Waals surface area (Å²) in [5.41, 5.74) is 2.36. The van der Waals surface area contributed by atoms with Crippen LogP contribution in [0.2, 0.25) is 0 Å². The molecule has 0 aliphatic carbocycles. The van der Waals surface area contributed by atoms with Crippen LogP contribution in [-0.4, -0.2) is 32.6 Å². The number of aromatic nitrogens is 3. The number of amides is 2. The molecule has 8 nitrogen and oxygen atoms in total. The molecule has 152 valence electrons. The largest absolute Gasteiger partial charge is 0.325 e. The Labute approximate surface area is 173 Å². The Balaban J connectivity index is 1.49. The summed E-state index contributed by atoms with van der Waals surface area (Å²) in [6.07, 6.45) is 3.97. The molecule has 0 radical (unpaired) electrons. The summed E-state index contributed by atoms with van der Waals surface area (Å²) in [6, 6.07) is 14.0. The summed E-state index contributed by atoms with van der Waals surface area (Å²) < 4.78 is 1.16. The van der Waals surface area contributed by atoms with Crippen LogP contribution in [0.15, 0.2) is 65.7 Å². The van der Waals surface area contributed by atoms with Gasteiger partial charge in [-0.1, -0.05) is 18.2 Å². The number of hydrogen-bond acceptors (Lipinski definition) is 5. The van der Waals surface area contributed by atoms with Crippen LogP contribution in [0.4, 0.5) is 11.4 Å². The van der Waals surface area contributed by atoms with E-state index in [1.807, 2.05) is 31.2 Å². The lowest BCUT2D eigenvalue weighted by Gasteiger charge is -2.22. The number of hydrogen-bond donors (Lipinski definition) is 1. The highest BCUT2D eigenvalue weighted by Gasteiger charge is 2.32. The van der Waals surface area contributed by atoms with Crippen LogP contribution >= 0.6 is 0 Å². The van der Waals surface area contributed by atoms with Crippen molar-refractivity contribution in [1.82, 2.24) is 14.8 Å². The molecule has 1 aliphatic heterocycles. The van der Waals surface area contributed by atoms with E-state index in [1.165, 1.54) is 18.3 Å². The molecule has 0 saturated heterocycles. The fourth-order valence-electron chi connectivity index (χ4n) is 3.59. The number of para-hydroxylation sites is 1. The Morgan fingerprint density at radius 1 is 1.13 bits per heavy atom. The van der Waals surface area contributed by atoms with Crippen molar-refractivity contribution < 1.29 is 9.59 Å². The standard InChI is InChI=1S/C22H21N5O3/c1-15-13-16-5-2-3-7-19(16)27(15)22(30)18-8-9-21(29)26(25-18)12-10-20(28)24-17-6-4-11-23-14-17/h2-9,11,14-15H,10,12-13H2,1H3,(H,24,28)/t15-/m0/s1. The molecule has 3 aromatic rings. The molecule has 1 aliphatic rings. The maximum Gasteiger partial charge on any atom is 0.278 e. The highest BCUT2D eigenvalue weighted by Crippen LogP contribution is 2.32. The molecule has 2 amide bonds. The number of benzene rings is 1. The molecule has 1 atom stereocenters. The Morgan fingerprint density at radius 3 is 2.77 bits per heavy atom. The monoisotopic (exact) mass is 403 g/mol. The Morgan fingerprint density at radius 2 is 1.97 bits per heavy atom. The molecule has 30 heavy (non-hydrogen) atoms. The van der Waals surface area contributed by atoms with E-state index in [0.29, 0.717) is 5.69 Å². The molecule has 4 rings (SSSR count). The molecule has 0 unspecified atom stereocenters. The average molecular weight is 403 g/mol. The van der Waals surface area contributed by atoms with Crippen molar-refractivity contribution in [3.05, 3.63) is 82.5 Å². The van der Waals surface area contributed by atoms with E-state index in [1.54, 1.807) is 23.2 Å². The maximum atomic E-state index is 13.1. The second kappa shape index (κ2) is 8.28. The van der Waals surface area contributed by atoms with Gasteiger partial charge in [0.2, 0.25) is 5.91 Å². The van der Waals surface area contributed by atoms with Gasteiger partial charge in [0.15, 0.2) is 0 Å². The Hall–Kier alpha value is -3.81. The van der Waals surface area contributed by atoms with E-state index in [9.17, 15) is 14.4 Å². The van der Waals surface area contributed by atoms with Crippen molar-refractivity contribution in [2.45, 2.75) is 32.4 Å². The predicted octanol–water partition coefficient (Wildman–Crippen LogP) is 2.26. The number of pyridine rings is 1. The zero-order valence-electron chi connectivity index (χ0n) is 16.5. The van der Waals surface area contributed by atoms with Gasteiger partial charge in [0, 0.05) is 30.4 Å². The van der Waals surface area contributed by atoms with Crippen molar-refractivity contribution in [1.29, 1.82) is 0 Å². The lowest BCUT2D eigenvalue weighted by Crippen LogP contribution is -2.37. The first-order chi connectivity index (χ1) is 14.5. The van der Waals surface area contributed by atoms with Crippen molar-refractivity contribution in [3.8, 4) is 0 Å². The van der Waals surface area contributed by atoms with Crippen LogP contribution in [-0.2, 0) is 17.8 Å². The number of carbonyl (C=O) groups is 2. The van der Waals surface area contributed by atoms with Gasteiger partial charge in [-0.3, -0.25) is 19.4 Å². The van der Waals surface area contributed by atoms with Crippen LogP contribution in [0, 0.1) is 0 Å². The van der Waals surface area contributed by atoms with Gasteiger partial charge in [-0.25, -0.2) is 4.68 Å². The van der Waals surface area contributed by atoms with Gasteiger partial charge in [-0.05, 0) is 43.2 Å². The topological polar surface area (TPSA) is 97.2 Å². The molecule has 2 aromatic heterocycles. The maximum absolute atomic E-state index is 13.1. The first kappa shape index (κ1) is 19.5. The number of anilines is 2. The molecular weight excluding hydrogens is 382 g/mol. The van der Waals surface area contributed by atoms with E-state index < -0.39 is 0 Å². The minimum atomic E-state index is -0.365. The smallest absolute Gasteiger partial charge is 0.278 e. The van der Waals surface area contributed by atoms with E-state index in [2.05, 4.69) is 15.4 Å². The lowest BCUT2D eigenvalue weighted by atomic mass is 10.1. The third-order valence-corrected chi connectivity index (χ3v) is 5.01. The van der Waals surface area contributed by atoms with Crippen molar-refractivity contribution in [3.63, 3.8) is 0 Å². The van der Waals surface area contributed by atoms with E-state index >= 15 is 0 Å². The second-order valence-corrected chi connectivity index (χ2v) is 7.18. The van der Waals surface area contributed by atoms with Gasteiger partial charge in [0.05, 0.1) is 18.4 Å². The molecule has 1 N–H and O–H groups in total. The first-order valence-corrected chi connectivity index (χ1v) is 9.72. The highest BCUT2D eigenvalue weighted by atomic mass is 16.2. The van der Waals surface area contributed by atoms with Crippen LogP contribution in [0.3, 0.4) is 0 Å². The summed E-state index contributed by atoms with van der Waals surface area (Å²) in [4.78, 5) is 43.1. The van der Waals surface area contributed by atoms with Crippen LogP contribution in [0.5, 0.6) is 0 Å². The van der Waals surface area contributed by atoms with Crippen LogP contribution in [0.25, 0.3) is 0 Å². The minimum absolute atomic E-state index is 0.00216. The van der Waals surface area contributed by atoms with Gasteiger partial charge in [-0.15, -0.1) is 0 Å². The number of aryl methyl sites for hydroxylation is 1. The van der Waals surface area contributed by atoms with E-state index in [4.69, 9.17) is 0 Å². The zero-order valence-corrected chi connectivity index (χ0v) is 16.5. The van der Waals surface area contributed by atoms with Crippen molar-refractivity contribution in [2.75, 3.05) is 10.2 Å². The van der Waals surface area contributed by atoms with Crippen molar-refractivity contribution in [2.24, 2.45) is 0 Å². The fraction of sp³-hybridized carbons (Fsp3) is 0.227. The third-order valence-electron chi connectivity index (χ3n) is 5.01. The molecule has 0 spiro atoms. The van der Waals surface area contributed by atoms with Crippen LogP contribution in [0.1, 0.15) is 29.4 Å². The molecule has 0 saturated carbocycles. The molecule has 3 heterocycles. The first-order valence-electron chi connectivity index (χ1n) is 9.72. The predicted molar refractivity (Wildman–Crippen MR) is 112 cm³/mol. The molecule has 8 heteroatoms. The molecular formula is C22H21N5O3. The summed E-state index contributed by atoms with van der Waals surface area (Å²) >= 11 is 0. The second-order valence-electron chi connectivity index (χ2n) is 7.18. The number of rotatable bonds is 5. The minimum Gasteiger partial charge on any atom is -0.325 e. The lowest BCUT2D eigenvalue weighted by molar-refractivity contribution is -0.116. The Kier molecular flexibility index (Phi) is 5.38. The third kappa shape index (κ3) is 3.98. The van der Waals surface area contributed by atoms with Crippen LogP contribution < -0.4 is 15.8 Å². The summed E-state index contributed by atoms with van der Waals surface area (Å²) in [6.45, 7) is 2.05. The fourth-order valence-corrected chi connectivity index (χ4v) is 3.59. The summed E-state index contributed by atoms with van der Waals surface area (Å²) in [7, 11) is 0. The molecule has 1 aromatic carbocycles. The quantitative estimate of drug-likeness (QED) is 0.705. The SMILES string of the molecule is C[C@H]1Cc2ccccc2N1C(=O)c1ccc(=O)n(CCC(=O)Nc2cccnc2)n1. The summed E-state index contributed by atoms with van der Waals surface area (Å²) in [5, 5.41) is 6.93. The molecule has 0 bridgehead atoms. The number of carbonyl (C=O) groups excluding carboxylic acids is 2. The van der Waals surface area contributed by atoms with E-state index in [0.717, 1.165) is 22.4 Å². The van der Waals surface area contributed by atoms with Gasteiger partial charge >= 0.3 is 0 Å². The van der Waals surface area contributed by atoms with Gasteiger partial charge in [0.25, 0.3) is 11.5 Å². The number of nitrogens with one attached hydrogen (secondary N) is 1. The van der Waals surface area contributed by atoms with Gasteiger partial charge in [-0.2, -0.15) is 5.10 Å². The zero-order chi connectivity index (χ0) is 21.1. The molecule has 0 fully saturated rings. The number of fused-ring (bicyclic) bond motifs is 1. The normalized spacial score (nSPS) is 15.0. The summed E-state index contributed by atoms with van der Waals surface area (Å²) in [5.74, 6) is -0.531. The Bertz CT molecular complexity index is 1140.